The van der Waals surface area contributed by atoms with Gasteiger partial charge in [0.05, 0.1) is 12.3 Å². The fourth-order valence-electron chi connectivity index (χ4n) is 1.88. The predicted molar refractivity (Wildman–Crippen MR) is 91.3 cm³/mol. The highest BCUT2D eigenvalue weighted by Gasteiger charge is 2.10. The van der Waals surface area contributed by atoms with E-state index in [4.69, 9.17) is 9.47 Å². The fraction of sp³-hybridized carbons (Fsp3) is 0.467. The highest BCUT2D eigenvalue weighted by atomic mass is 32.2. The lowest BCUT2D eigenvalue weighted by atomic mass is 10.2. The van der Waals surface area contributed by atoms with E-state index in [1.54, 1.807) is 18.8 Å². The minimum atomic E-state index is -0.0851. The number of ether oxygens (including phenoxy) is 2. The van der Waals surface area contributed by atoms with Crippen LogP contribution in [-0.2, 0) is 16.6 Å². The number of benzene rings is 1. The van der Waals surface area contributed by atoms with Crippen molar-refractivity contribution in [2.75, 3.05) is 31.4 Å². The molecule has 2 aromatic rings. The van der Waals surface area contributed by atoms with Crippen molar-refractivity contribution in [1.82, 2.24) is 20.2 Å². The molecule has 1 heterocycles. The molecule has 0 aliphatic heterocycles. The largest absolute Gasteiger partial charge is 0.489 e. The summed E-state index contributed by atoms with van der Waals surface area (Å²) in [7, 11) is 3.38. The molecule has 1 aromatic heterocycles. The summed E-state index contributed by atoms with van der Waals surface area (Å²) in [5.74, 6) is 1.15. The second-order valence-electron chi connectivity index (χ2n) is 5.07. The Morgan fingerprint density at radius 1 is 1.38 bits per heavy atom. The van der Waals surface area contributed by atoms with Crippen LogP contribution in [0.4, 0.5) is 5.69 Å². The van der Waals surface area contributed by atoms with Crippen LogP contribution in [0.2, 0.25) is 0 Å². The van der Waals surface area contributed by atoms with E-state index in [2.05, 4.69) is 20.8 Å². The Hall–Kier alpha value is -2.13. The summed E-state index contributed by atoms with van der Waals surface area (Å²) < 4.78 is 12.2. The Morgan fingerprint density at radius 3 is 2.92 bits per heavy atom. The van der Waals surface area contributed by atoms with Gasteiger partial charge in [0.1, 0.15) is 12.4 Å². The first-order valence-corrected chi connectivity index (χ1v) is 8.46. The van der Waals surface area contributed by atoms with E-state index in [1.165, 1.54) is 11.8 Å². The van der Waals surface area contributed by atoms with Gasteiger partial charge in [0.15, 0.2) is 0 Å². The summed E-state index contributed by atoms with van der Waals surface area (Å²) in [6.07, 6.45) is 0.350. The summed E-state index contributed by atoms with van der Waals surface area (Å²) in [6, 6.07) is 5.67. The number of rotatable bonds is 9. The molecule has 0 bridgehead atoms. The SMILES string of the molecule is COCCOc1cc(C)ccc1NC(=O)CCSc1nnnn1C. The highest BCUT2D eigenvalue weighted by Crippen LogP contribution is 2.26. The molecule has 1 amide bonds. The molecule has 8 nitrogen and oxygen atoms in total. The Labute approximate surface area is 144 Å². The number of amides is 1. The predicted octanol–water partition coefficient (Wildman–Crippen LogP) is 1.66. The number of tetrazole rings is 1. The van der Waals surface area contributed by atoms with Crippen molar-refractivity contribution in [3.05, 3.63) is 23.8 Å². The van der Waals surface area contributed by atoms with Gasteiger partial charge in [-0.2, -0.15) is 0 Å². The van der Waals surface area contributed by atoms with Crippen molar-refractivity contribution >= 4 is 23.4 Å². The minimum Gasteiger partial charge on any atom is -0.489 e. The standard InChI is InChI=1S/C15H21N5O3S/c1-11-4-5-12(13(10-11)23-8-7-22-3)16-14(21)6-9-24-15-17-18-19-20(15)2/h4-5,10H,6-9H2,1-3H3,(H,16,21). The molecule has 0 fully saturated rings. The molecule has 0 unspecified atom stereocenters. The molecule has 1 N–H and O–H groups in total. The van der Waals surface area contributed by atoms with Gasteiger partial charge in [-0.25, -0.2) is 4.68 Å². The minimum absolute atomic E-state index is 0.0851. The van der Waals surface area contributed by atoms with Crippen molar-refractivity contribution in [1.29, 1.82) is 0 Å². The Morgan fingerprint density at radius 2 is 2.21 bits per heavy atom. The number of anilines is 1. The lowest BCUT2D eigenvalue weighted by Gasteiger charge is -2.13. The van der Waals surface area contributed by atoms with Crippen LogP contribution in [0, 0.1) is 6.92 Å². The Bertz CT molecular complexity index is 677. The maximum Gasteiger partial charge on any atom is 0.225 e. The third-order valence-electron chi connectivity index (χ3n) is 3.10. The molecule has 9 heteroatoms. The van der Waals surface area contributed by atoms with Crippen molar-refractivity contribution < 1.29 is 14.3 Å². The number of carbonyl (C=O) groups is 1. The molecule has 0 spiro atoms. The number of hydrogen-bond donors (Lipinski definition) is 1. The molecular formula is C15H21N5O3S. The van der Waals surface area contributed by atoms with Crippen LogP contribution in [0.3, 0.4) is 0 Å². The number of thioether (sulfide) groups is 1. The second-order valence-corrected chi connectivity index (χ2v) is 6.13. The number of nitrogens with one attached hydrogen (secondary N) is 1. The molecule has 0 radical (unpaired) electrons. The number of nitrogens with zero attached hydrogens (tertiary/aromatic N) is 4. The van der Waals surface area contributed by atoms with E-state index in [0.29, 0.717) is 42.0 Å². The molecule has 0 atom stereocenters. The van der Waals surface area contributed by atoms with E-state index >= 15 is 0 Å². The topological polar surface area (TPSA) is 91.2 Å². The maximum absolute atomic E-state index is 12.1. The summed E-state index contributed by atoms with van der Waals surface area (Å²) in [6.45, 7) is 2.89. The number of aryl methyl sites for hydroxylation is 2. The van der Waals surface area contributed by atoms with Crippen molar-refractivity contribution in [3.63, 3.8) is 0 Å². The molecular weight excluding hydrogens is 330 g/mol. The molecule has 0 saturated carbocycles. The van der Waals surface area contributed by atoms with Crippen LogP contribution in [0.15, 0.2) is 23.4 Å². The zero-order valence-electron chi connectivity index (χ0n) is 14.0. The monoisotopic (exact) mass is 351 g/mol. The molecule has 0 saturated heterocycles. The van der Waals surface area contributed by atoms with Gasteiger partial charge in [-0.3, -0.25) is 4.79 Å². The lowest BCUT2D eigenvalue weighted by Crippen LogP contribution is -2.14. The molecule has 1 aromatic carbocycles. The van der Waals surface area contributed by atoms with E-state index in [1.807, 2.05) is 25.1 Å². The van der Waals surface area contributed by atoms with Crippen LogP contribution >= 0.6 is 11.8 Å². The van der Waals surface area contributed by atoms with Crippen molar-refractivity contribution in [2.45, 2.75) is 18.5 Å². The molecule has 2 rings (SSSR count). The third kappa shape index (κ3) is 5.50. The van der Waals surface area contributed by atoms with Crippen LogP contribution in [0.1, 0.15) is 12.0 Å². The molecule has 130 valence electrons. The van der Waals surface area contributed by atoms with E-state index < -0.39 is 0 Å². The van der Waals surface area contributed by atoms with Gasteiger partial charge < -0.3 is 14.8 Å². The zero-order chi connectivity index (χ0) is 17.4. The fourth-order valence-corrected chi connectivity index (χ4v) is 2.67. The number of hydrogen-bond acceptors (Lipinski definition) is 7. The van der Waals surface area contributed by atoms with E-state index in [0.717, 1.165) is 5.56 Å². The molecule has 0 aliphatic carbocycles. The maximum atomic E-state index is 12.1. The Kier molecular flexibility index (Phi) is 7.01. The lowest BCUT2D eigenvalue weighted by molar-refractivity contribution is -0.115. The van der Waals surface area contributed by atoms with Gasteiger partial charge >= 0.3 is 0 Å². The quantitative estimate of drug-likeness (QED) is 0.543. The average molecular weight is 351 g/mol. The average Bonchev–Trinajstić information content (AvgIpc) is 2.95. The molecule has 0 aliphatic rings. The van der Waals surface area contributed by atoms with Crippen LogP contribution in [-0.4, -0.2) is 52.2 Å². The van der Waals surface area contributed by atoms with E-state index in [9.17, 15) is 4.79 Å². The summed E-state index contributed by atoms with van der Waals surface area (Å²) in [5, 5.41) is 14.7. The normalized spacial score (nSPS) is 10.6. The summed E-state index contributed by atoms with van der Waals surface area (Å²) >= 11 is 1.43. The van der Waals surface area contributed by atoms with Gasteiger partial charge in [0, 0.05) is 26.3 Å². The van der Waals surface area contributed by atoms with Crippen LogP contribution in [0.5, 0.6) is 5.75 Å². The number of methoxy groups -OCH3 is 1. The zero-order valence-corrected chi connectivity index (χ0v) is 14.8. The second kappa shape index (κ2) is 9.24. The van der Waals surface area contributed by atoms with Crippen molar-refractivity contribution in [3.8, 4) is 5.75 Å². The summed E-state index contributed by atoms with van der Waals surface area (Å²) in [4.78, 5) is 12.1. The van der Waals surface area contributed by atoms with Crippen LogP contribution < -0.4 is 10.1 Å². The third-order valence-corrected chi connectivity index (χ3v) is 4.11. The van der Waals surface area contributed by atoms with Gasteiger partial charge in [0.25, 0.3) is 0 Å². The Balaban J connectivity index is 1.87. The van der Waals surface area contributed by atoms with Gasteiger partial charge in [-0.1, -0.05) is 17.8 Å². The van der Waals surface area contributed by atoms with Crippen LogP contribution in [0.25, 0.3) is 0 Å². The molecule has 24 heavy (non-hydrogen) atoms. The number of aromatic nitrogens is 4. The van der Waals surface area contributed by atoms with Gasteiger partial charge in [0.2, 0.25) is 11.1 Å². The van der Waals surface area contributed by atoms with Gasteiger partial charge in [-0.05, 0) is 35.0 Å². The van der Waals surface area contributed by atoms with Crippen molar-refractivity contribution in [2.24, 2.45) is 7.05 Å². The first-order chi connectivity index (χ1) is 11.6. The first-order valence-electron chi connectivity index (χ1n) is 7.47. The number of carbonyl (C=O) groups excluding carboxylic acids is 1. The smallest absolute Gasteiger partial charge is 0.225 e. The van der Waals surface area contributed by atoms with E-state index in [-0.39, 0.29) is 5.91 Å². The first kappa shape index (κ1) is 18.2. The summed E-state index contributed by atoms with van der Waals surface area (Å²) in [5.41, 5.74) is 1.72. The van der Waals surface area contributed by atoms with Gasteiger partial charge in [-0.15, -0.1) is 5.10 Å². The highest BCUT2D eigenvalue weighted by molar-refractivity contribution is 7.99.